The van der Waals surface area contributed by atoms with Gasteiger partial charge in [-0.05, 0) is 34.5 Å². The van der Waals surface area contributed by atoms with E-state index in [-0.39, 0.29) is 5.91 Å². The molecule has 4 nitrogen and oxygen atoms in total. The van der Waals surface area contributed by atoms with Gasteiger partial charge in [0.05, 0.1) is 10.6 Å². The van der Waals surface area contributed by atoms with Crippen LogP contribution >= 0.6 is 27.5 Å². The third-order valence-electron chi connectivity index (χ3n) is 2.63. The third-order valence-corrected chi connectivity index (χ3v) is 3.92. The first-order valence-electron chi connectivity index (χ1n) is 5.89. The molecule has 0 radical (unpaired) electrons. The number of aromatic amines is 1. The van der Waals surface area contributed by atoms with E-state index in [1.54, 1.807) is 30.6 Å². The molecular weight excluding hydrogens is 330 g/mol. The lowest BCUT2D eigenvalue weighted by atomic mass is 10.2. The van der Waals surface area contributed by atoms with Gasteiger partial charge in [-0.15, -0.1) is 0 Å². The SMILES string of the molecule is O=C(NCCCc1ncc[nH]1)c1cccc(Br)c1Cl. The number of nitrogens with one attached hydrogen (secondary N) is 2. The lowest BCUT2D eigenvalue weighted by Gasteiger charge is -2.07. The smallest absolute Gasteiger partial charge is 0.252 e. The molecule has 6 heteroatoms. The molecule has 0 saturated heterocycles. The van der Waals surface area contributed by atoms with Crippen LogP contribution in [0.15, 0.2) is 35.1 Å². The molecule has 0 saturated carbocycles. The van der Waals surface area contributed by atoms with Crippen LogP contribution in [0.1, 0.15) is 22.6 Å². The summed E-state index contributed by atoms with van der Waals surface area (Å²) in [6, 6.07) is 5.29. The summed E-state index contributed by atoms with van der Waals surface area (Å²) in [4.78, 5) is 19.1. The second kappa shape index (κ2) is 6.73. The number of hydrogen-bond donors (Lipinski definition) is 2. The van der Waals surface area contributed by atoms with Crippen molar-refractivity contribution in [3.8, 4) is 0 Å². The molecule has 1 aromatic heterocycles. The predicted octanol–water partition coefficient (Wildman–Crippen LogP) is 3.19. The molecule has 0 aliphatic heterocycles. The molecule has 0 spiro atoms. The first-order valence-corrected chi connectivity index (χ1v) is 7.06. The minimum absolute atomic E-state index is 0.161. The van der Waals surface area contributed by atoms with Gasteiger partial charge < -0.3 is 10.3 Å². The fraction of sp³-hybridized carbons (Fsp3) is 0.231. The molecule has 100 valence electrons. The fourth-order valence-corrected chi connectivity index (χ4v) is 2.24. The number of H-pyrrole nitrogens is 1. The lowest BCUT2D eigenvalue weighted by Crippen LogP contribution is -2.25. The first kappa shape index (κ1) is 14.1. The van der Waals surface area contributed by atoms with Gasteiger partial charge in [-0.3, -0.25) is 4.79 Å². The summed E-state index contributed by atoms with van der Waals surface area (Å²) in [5.41, 5.74) is 0.481. The van der Waals surface area contributed by atoms with E-state index in [9.17, 15) is 4.79 Å². The molecule has 2 N–H and O–H groups in total. The Morgan fingerprint density at radius 3 is 3.05 bits per heavy atom. The van der Waals surface area contributed by atoms with Crippen LogP contribution in [0.2, 0.25) is 5.02 Å². The molecular formula is C13H13BrClN3O. The summed E-state index contributed by atoms with van der Waals surface area (Å²) in [6.45, 7) is 0.586. The average Bonchev–Trinajstić information content (AvgIpc) is 2.91. The number of halogens is 2. The number of aryl methyl sites for hydroxylation is 1. The Bertz CT molecular complexity index is 557. The minimum atomic E-state index is -0.161. The van der Waals surface area contributed by atoms with E-state index in [1.165, 1.54) is 0 Å². The van der Waals surface area contributed by atoms with E-state index >= 15 is 0 Å². The van der Waals surface area contributed by atoms with Crippen molar-refractivity contribution in [2.24, 2.45) is 0 Å². The number of aromatic nitrogens is 2. The Hall–Kier alpha value is -1.33. The number of benzene rings is 1. The molecule has 0 bridgehead atoms. The Morgan fingerprint density at radius 2 is 2.32 bits per heavy atom. The third kappa shape index (κ3) is 3.81. The van der Waals surface area contributed by atoms with Crippen molar-refractivity contribution in [3.63, 3.8) is 0 Å². The van der Waals surface area contributed by atoms with Crippen LogP contribution in [0.5, 0.6) is 0 Å². The number of rotatable bonds is 5. The minimum Gasteiger partial charge on any atom is -0.352 e. The number of carbonyl (C=O) groups is 1. The second-order valence-corrected chi connectivity index (χ2v) is 5.23. The van der Waals surface area contributed by atoms with Crippen LogP contribution in [0.25, 0.3) is 0 Å². The van der Waals surface area contributed by atoms with Crippen molar-refractivity contribution in [3.05, 3.63) is 51.5 Å². The van der Waals surface area contributed by atoms with Gasteiger partial charge in [0.15, 0.2) is 0 Å². The monoisotopic (exact) mass is 341 g/mol. The Morgan fingerprint density at radius 1 is 1.47 bits per heavy atom. The maximum absolute atomic E-state index is 11.9. The van der Waals surface area contributed by atoms with Gasteiger partial charge >= 0.3 is 0 Å². The Labute approximate surface area is 124 Å². The molecule has 2 aromatic rings. The van der Waals surface area contributed by atoms with Crippen LogP contribution in [0, 0.1) is 0 Å². The molecule has 1 aromatic carbocycles. The summed E-state index contributed by atoms with van der Waals surface area (Å²) in [5, 5.41) is 3.28. The summed E-state index contributed by atoms with van der Waals surface area (Å²) in [7, 11) is 0. The number of hydrogen-bond acceptors (Lipinski definition) is 2. The maximum atomic E-state index is 11.9. The maximum Gasteiger partial charge on any atom is 0.252 e. The van der Waals surface area contributed by atoms with Gasteiger partial charge in [-0.1, -0.05) is 17.7 Å². The van der Waals surface area contributed by atoms with E-state index in [0.29, 0.717) is 17.1 Å². The number of nitrogens with zero attached hydrogens (tertiary/aromatic N) is 1. The van der Waals surface area contributed by atoms with E-state index in [2.05, 4.69) is 31.2 Å². The van der Waals surface area contributed by atoms with Crippen LogP contribution in [0.4, 0.5) is 0 Å². The van der Waals surface area contributed by atoms with Gasteiger partial charge in [0.1, 0.15) is 5.82 Å². The van der Waals surface area contributed by atoms with Crippen molar-refractivity contribution < 1.29 is 4.79 Å². The molecule has 2 rings (SSSR count). The molecule has 19 heavy (non-hydrogen) atoms. The lowest BCUT2D eigenvalue weighted by molar-refractivity contribution is 0.0953. The van der Waals surface area contributed by atoms with Crippen LogP contribution in [-0.2, 0) is 6.42 Å². The molecule has 0 aliphatic rings. The van der Waals surface area contributed by atoms with Gasteiger partial charge in [-0.25, -0.2) is 4.98 Å². The van der Waals surface area contributed by atoms with Crippen LogP contribution in [0.3, 0.4) is 0 Å². The Kier molecular flexibility index (Phi) is 4.99. The second-order valence-electron chi connectivity index (χ2n) is 4.00. The normalized spacial score (nSPS) is 10.4. The fourth-order valence-electron chi connectivity index (χ4n) is 1.67. The summed E-state index contributed by atoms with van der Waals surface area (Å²) < 4.78 is 0.720. The van der Waals surface area contributed by atoms with E-state index in [1.807, 2.05) is 0 Å². The molecule has 0 unspecified atom stereocenters. The molecule has 1 heterocycles. The molecule has 0 atom stereocenters. The standard InChI is InChI=1S/C13H13BrClN3O/c14-10-4-1-3-9(12(10)15)13(19)18-6-2-5-11-16-7-8-17-11/h1,3-4,7-8H,2,5-6H2,(H,16,17)(H,18,19). The van der Waals surface area contributed by atoms with Crippen molar-refractivity contribution in [2.75, 3.05) is 6.54 Å². The van der Waals surface area contributed by atoms with E-state index in [0.717, 1.165) is 23.1 Å². The van der Waals surface area contributed by atoms with Gasteiger partial charge in [0, 0.05) is 29.8 Å². The van der Waals surface area contributed by atoms with Gasteiger partial charge in [0.25, 0.3) is 5.91 Å². The van der Waals surface area contributed by atoms with E-state index < -0.39 is 0 Å². The van der Waals surface area contributed by atoms with Crippen LogP contribution in [-0.4, -0.2) is 22.4 Å². The van der Waals surface area contributed by atoms with Crippen molar-refractivity contribution in [1.82, 2.24) is 15.3 Å². The molecule has 0 fully saturated rings. The van der Waals surface area contributed by atoms with E-state index in [4.69, 9.17) is 11.6 Å². The Balaban J connectivity index is 1.83. The zero-order valence-electron chi connectivity index (χ0n) is 10.1. The number of carbonyl (C=O) groups excluding carboxylic acids is 1. The summed E-state index contributed by atoms with van der Waals surface area (Å²) in [6.07, 6.45) is 5.13. The zero-order chi connectivity index (χ0) is 13.7. The van der Waals surface area contributed by atoms with Crippen molar-refractivity contribution >= 4 is 33.4 Å². The highest BCUT2D eigenvalue weighted by Gasteiger charge is 2.11. The molecule has 1 amide bonds. The quantitative estimate of drug-likeness (QED) is 0.820. The largest absolute Gasteiger partial charge is 0.352 e. The number of amides is 1. The predicted molar refractivity (Wildman–Crippen MR) is 78.4 cm³/mol. The highest BCUT2D eigenvalue weighted by atomic mass is 79.9. The van der Waals surface area contributed by atoms with Crippen molar-refractivity contribution in [1.29, 1.82) is 0 Å². The van der Waals surface area contributed by atoms with Gasteiger partial charge in [-0.2, -0.15) is 0 Å². The zero-order valence-corrected chi connectivity index (χ0v) is 12.5. The summed E-state index contributed by atoms with van der Waals surface area (Å²) >= 11 is 9.36. The highest BCUT2D eigenvalue weighted by molar-refractivity contribution is 9.10. The first-order chi connectivity index (χ1) is 9.18. The topological polar surface area (TPSA) is 57.8 Å². The molecule has 0 aliphatic carbocycles. The average molecular weight is 343 g/mol. The van der Waals surface area contributed by atoms with Gasteiger partial charge in [0.2, 0.25) is 0 Å². The van der Waals surface area contributed by atoms with Crippen LogP contribution < -0.4 is 5.32 Å². The number of imidazole rings is 1. The highest BCUT2D eigenvalue weighted by Crippen LogP contribution is 2.25. The van der Waals surface area contributed by atoms with Crippen molar-refractivity contribution in [2.45, 2.75) is 12.8 Å². The summed E-state index contributed by atoms with van der Waals surface area (Å²) in [5.74, 6) is 0.764.